The Morgan fingerprint density at radius 3 is 2.80 bits per heavy atom. The molecule has 0 spiro atoms. The monoisotopic (exact) mass is 469 g/mol. The maximum absolute atomic E-state index is 6.11. The van der Waals surface area contributed by atoms with E-state index in [0.717, 1.165) is 73.1 Å². The number of hydrogen-bond acceptors (Lipinski definition) is 8. The summed E-state index contributed by atoms with van der Waals surface area (Å²) < 4.78 is 9.71. The van der Waals surface area contributed by atoms with Gasteiger partial charge in [-0.1, -0.05) is 0 Å². The van der Waals surface area contributed by atoms with Gasteiger partial charge in [-0.15, -0.1) is 0 Å². The third kappa shape index (κ3) is 4.53. The fourth-order valence-electron chi connectivity index (χ4n) is 4.50. The highest BCUT2D eigenvalue weighted by Gasteiger charge is 2.15. The minimum absolute atomic E-state index is 0.716. The Balaban J connectivity index is 1.23. The van der Waals surface area contributed by atoms with Crippen LogP contribution >= 0.6 is 0 Å². The fraction of sp³-hybridized carbons (Fsp3) is 0.280. The lowest BCUT2D eigenvalue weighted by molar-refractivity contribution is 0.285. The van der Waals surface area contributed by atoms with Crippen molar-refractivity contribution in [2.45, 2.75) is 19.9 Å². The fourth-order valence-corrected chi connectivity index (χ4v) is 4.50. The molecule has 0 atom stereocenters. The second kappa shape index (κ2) is 9.32. The van der Waals surface area contributed by atoms with E-state index in [0.29, 0.717) is 5.75 Å². The topological polar surface area (TPSA) is 96.9 Å². The van der Waals surface area contributed by atoms with Crippen LogP contribution in [0.4, 0.5) is 11.5 Å². The Morgan fingerprint density at radius 2 is 1.86 bits per heavy atom. The summed E-state index contributed by atoms with van der Waals surface area (Å²) in [5.74, 6) is 2.29. The van der Waals surface area contributed by atoms with Crippen molar-refractivity contribution < 1.29 is 4.74 Å². The van der Waals surface area contributed by atoms with Gasteiger partial charge in [-0.2, -0.15) is 10.2 Å². The molecule has 1 fully saturated rings. The third-order valence-electron chi connectivity index (χ3n) is 6.28. The van der Waals surface area contributed by atoms with Crippen molar-refractivity contribution in [1.29, 1.82) is 0 Å². The van der Waals surface area contributed by atoms with E-state index in [9.17, 15) is 0 Å². The Labute approximate surface area is 202 Å². The number of benzene rings is 1. The molecule has 10 nitrogen and oxygen atoms in total. The van der Waals surface area contributed by atoms with E-state index in [1.54, 1.807) is 10.8 Å². The van der Waals surface area contributed by atoms with Crippen LogP contribution in [0.1, 0.15) is 17.5 Å². The summed E-state index contributed by atoms with van der Waals surface area (Å²) in [6.45, 7) is 7.14. The highest BCUT2D eigenvalue weighted by molar-refractivity contribution is 5.76. The molecule has 0 unspecified atom stereocenters. The smallest absolute Gasteiger partial charge is 0.158 e. The van der Waals surface area contributed by atoms with Crippen LogP contribution in [0.2, 0.25) is 0 Å². The zero-order valence-electron chi connectivity index (χ0n) is 19.6. The number of nitrogens with zero attached hydrogens (tertiary/aromatic N) is 7. The standard InChI is InChI=1S/C25H27N9O/c1-18-13-20(3-4-22(18)35-21-6-11-33-23(14-21)27-16-29-33)31-25-24-19(5-10-34(24)30-17-28-25)15-32-9-2-7-26-8-12-32/h3-6,10-11,13-14,16-17,26H,2,7-9,12,15H2,1H3,(H,28,30,31). The Morgan fingerprint density at radius 1 is 0.971 bits per heavy atom. The summed E-state index contributed by atoms with van der Waals surface area (Å²) in [5, 5.41) is 15.5. The molecule has 4 aromatic heterocycles. The summed E-state index contributed by atoms with van der Waals surface area (Å²) >= 11 is 0. The number of ether oxygens (including phenoxy) is 1. The summed E-state index contributed by atoms with van der Waals surface area (Å²) in [6.07, 6.45) is 8.10. The van der Waals surface area contributed by atoms with Gasteiger partial charge in [0.1, 0.15) is 29.7 Å². The zero-order chi connectivity index (χ0) is 23.6. The van der Waals surface area contributed by atoms with Crippen LogP contribution in [0.25, 0.3) is 11.2 Å². The van der Waals surface area contributed by atoms with Gasteiger partial charge in [0.15, 0.2) is 11.5 Å². The minimum atomic E-state index is 0.716. The van der Waals surface area contributed by atoms with Crippen LogP contribution in [-0.4, -0.2) is 60.3 Å². The summed E-state index contributed by atoms with van der Waals surface area (Å²) in [6, 6.07) is 11.9. The van der Waals surface area contributed by atoms with Crippen LogP contribution in [0.3, 0.4) is 0 Å². The van der Waals surface area contributed by atoms with Crippen molar-refractivity contribution in [2.75, 3.05) is 31.5 Å². The van der Waals surface area contributed by atoms with Gasteiger partial charge in [-0.05, 0) is 67.9 Å². The average molecular weight is 470 g/mol. The van der Waals surface area contributed by atoms with Gasteiger partial charge < -0.3 is 15.4 Å². The SMILES string of the molecule is Cc1cc(Nc2ncnn3ccc(CN4CCCNCC4)c23)ccc1Oc1ccn2ncnc2c1. The Kier molecular flexibility index (Phi) is 5.73. The van der Waals surface area contributed by atoms with E-state index in [1.165, 1.54) is 11.9 Å². The molecule has 0 bridgehead atoms. The quantitative estimate of drug-likeness (QED) is 0.391. The van der Waals surface area contributed by atoms with Gasteiger partial charge in [0, 0.05) is 43.8 Å². The highest BCUT2D eigenvalue weighted by atomic mass is 16.5. The number of aryl methyl sites for hydroxylation is 1. The number of anilines is 2. The largest absolute Gasteiger partial charge is 0.457 e. The summed E-state index contributed by atoms with van der Waals surface area (Å²) in [5.41, 5.74) is 4.91. The lowest BCUT2D eigenvalue weighted by Gasteiger charge is -2.19. The van der Waals surface area contributed by atoms with E-state index in [1.807, 2.05) is 48.1 Å². The number of aromatic nitrogens is 6. The first-order valence-corrected chi connectivity index (χ1v) is 11.8. The molecule has 0 amide bonds. The molecule has 5 heterocycles. The van der Waals surface area contributed by atoms with Crippen molar-refractivity contribution in [3.05, 3.63) is 72.6 Å². The summed E-state index contributed by atoms with van der Waals surface area (Å²) in [7, 11) is 0. The highest BCUT2D eigenvalue weighted by Crippen LogP contribution is 2.30. The van der Waals surface area contributed by atoms with Crippen LogP contribution in [-0.2, 0) is 6.54 Å². The minimum Gasteiger partial charge on any atom is -0.457 e. The molecule has 5 aromatic rings. The average Bonchev–Trinajstić information content (AvgIpc) is 3.41. The van der Waals surface area contributed by atoms with Crippen LogP contribution in [0, 0.1) is 6.92 Å². The second-order valence-corrected chi connectivity index (χ2v) is 8.76. The van der Waals surface area contributed by atoms with Crippen molar-refractivity contribution >= 4 is 22.7 Å². The second-order valence-electron chi connectivity index (χ2n) is 8.76. The van der Waals surface area contributed by atoms with E-state index in [4.69, 9.17) is 4.74 Å². The Hall–Kier alpha value is -4.02. The van der Waals surface area contributed by atoms with E-state index in [2.05, 4.69) is 47.8 Å². The van der Waals surface area contributed by atoms with Crippen LogP contribution in [0.15, 0.2) is 61.4 Å². The van der Waals surface area contributed by atoms with E-state index in [-0.39, 0.29) is 0 Å². The number of hydrogen-bond donors (Lipinski definition) is 2. The molecular formula is C25H27N9O. The molecule has 178 valence electrons. The van der Waals surface area contributed by atoms with E-state index < -0.39 is 0 Å². The predicted molar refractivity (Wildman–Crippen MR) is 133 cm³/mol. The maximum Gasteiger partial charge on any atom is 0.158 e. The van der Waals surface area contributed by atoms with Gasteiger partial charge in [-0.3, -0.25) is 4.90 Å². The van der Waals surface area contributed by atoms with E-state index >= 15 is 0 Å². The maximum atomic E-state index is 6.11. The molecule has 1 aliphatic heterocycles. The molecule has 35 heavy (non-hydrogen) atoms. The molecule has 1 aliphatic rings. The molecule has 2 N–H and O–H groups in total. The first-order valence-electron chi connectivity index (χ1n) is 11.8. The summed E-state index contributed by atoms with van der Waals surface area (Å²) in [4.78, 5) is 11.3. The molecule has 10 heteroatoms. The normalized spacial score (nSPS) is 14.9. The molecule has 0 aliphatic carbocycles. The first-order chi connectivity index (χ1) is 17.2. The van der Waals surface area contributed by atoms with Gasteiger partial charge in [0.2, 0.25) is 0 Å². The van der Waals surface area contributed by atoms with Crippen LogP contribution in [0.5, 0.6) is 11.5 Å². The lowest BCUT2D eigenvalue weighted by Crippen LogP contribution is -2.27. The van der Waals surface area contributed by atoms with Crippen molar-refractivity contribution in [3.63, 3.8) is 0 Å². The number of fused-ring (bicyclic) bond motifs is 2. The number of nitrogens with one attached hydrogen (secondary N) is 2. The molecule has 1 saturated heterocycles. The lowest BCUT2D eigenvalue weighted by atomic mass is 10.2. The Bertz CT molecular complexity index is 1470. The number of pyridine rings is 1. The number of rotatable bonds is 6. The molecule has 0 saturated carbocycles. The van der Waals surface area contributed by atoms with Gasteiger partial charge in [0.25, 0.3) is 0 Å². The predicted octanol–water partition coefficient (Wildman–Crippen LogP) is 3.41. The molecule has 1 aromatic carbocycles. The zero-order valence-corrected chi connectivity index (χ0v) is 19.6. The van der Waals surface area contributed by atoms with Crippen molar-refractivity contribution in [3.8, 4) is 11.5 Å². The van der Waals surface area contributed by atoms with Crippen molar-refractivity contribution in [2.24, 2.45) is 0 Å². The van der Waals surface area contributed by atoms with Gasteiger partial charge in [0.05, 0.1) is 0 Å². The molecular weight excluding hydrogens is 442 g/mol. The molecule has 6 rings (SSSR count). The van der Waals surface area contributed by atoms with Crippen LogP contribution < -0.4 is 15.4 Å². The van der Waals surface area contributed by atoms with Gasteiger partial charge >= 0.3 is 0 Å². The van der Waals surface area contributed by atoms with Gasteiger partial charge in [-0.25, -0.2) is 19.0 Å². The first kappa shape index (κ1) is 21.5. The van der Waals surface area contributed by atoms with Crippen molar-refractivity contribution in [1.82, 2.24) is 39.4 Å². The third-order valence-corrected chi connectivity index (χ3v) is 6.28. The molecule has 0 radical (unpaired) electrons.